The molecule has 2 fully saturated rings. The van der Waals surface area contributed by atoms with E-state index < -0.39 is 9.84 Å². The molecule has 1 N–H and O–H groups in total. The lowest BCUT2D eigenvalue weighted by molar-refractivity contribution is 0.0608. The maximum atomic E-state index is 12.7. The summed E-state index contributed by atoms with van der Waals surface area (Å²) in [7, 11) is -3.30. The van der Waals surface area contributed by atoms with E-state index >= 15 is 0 Å². The van der Waals surface area contributed by atoms with Crippen molar-refractivity contribution < 1.29 is 13.2 Å². The molecule has 0 atom stereocenters. The highest BCUT2D eigenvalue weighted by atomic mass is 32.2. The van der Waals surface area contributed by atoms with E-state index in [0.29, 0.717) is 18.7 Å². The SMILES string of the molecule is CS(=O)(=O)c1cccc(C(=O)N2CCN(CC3CCNCC3)CC2)c1. The van der Waals surface area contributed by atoms with Gasteiger partial charge in [0.15, 0.2) is 9.84 Å². The van der Waals surface area contributed by atoms with Crippen LogP contribution in [0.3, 0.4) is 0 Å². The van der Waals surface area contributed by atoms with Gasteiger partial charge in [-0.15, -0.1) is 0 Å². The van der Waals surface area contributed by atoms with E-state index in [0.717, 1.165) is 44.9 Å². The maximum absolute atomic E-state index is 12.7. The molecule has 0 bridgehead atoms. The number of amides is 1. The minimum atomic E-state index is -3.30. The smallest absolute Gasteiger partial charge is 0.253 e. The molecule has 0 spiro atoms. The first kappa shape index (κ1) is 18.4. The Balaban J connectivity index is 1.56. The van der Waals surface area contributed by atoms with Crippen molar-refractivity contribution in [3.8, 4) is 0 Å². The number of carbonyl (C=O) groups is 1. The van der Waals surface area contributed by atoms with E-state index in [-0.39, 0.29) is 10.8 Å². The normalized spacial score (nSPS) is 20.6. The summed E-state index contributed by atoms with van der Waals surface area (Å²) < 4.78 is 23.4. The number of nitrogens with one attached hydrogen (secondary N) is 1. The molecule has 0 unspecified atom stereocenters. The lowest BCUT2D eigenvalue weighted by Gasteiger charge is -2.37. The molecule has 0 saturated carbocycles. The van der Waals surface area contributed by atoms with Crippen molar-refractivity contribution >= 4 is 15.7 Å². The molecule has 1 amide bonds. The monoisotopic (exact) mass is 365 g/mol. The lowest BCUT2D eigenvalue weighted by atomic mass is 9.97. The Hall–Kier alpha value is -1.44. The number of hydrogen-bond donors (Lipinski definition) is 1. The molecule has 7 heteroatoms. The second-order valence-corrected chi connectivity index (χ2v) is 9.10. The van der Waals surface area contributed by atoms with Gasteiger partial charge in [0, 0.05) is 44.5 Å². The van der Waals surface area contributed by atoms with Crippen LogP contribution in [0, 0.1) is 5.92 Å². The van der Waals surface area contributed by atoms with Crippen LogP contribution in [0.2, 0.25) is 0 Å². The van der Waals surface area contributed by atoms with Crippen LogP contribution in [-0.2, 0) is 9.84 Å². The van der Waals surface area contributed by atoms with Crippen molar-refractivity contribution in [1.82, 2.24) is 15.1 Å². The number of piperazine rings is 1. The van der Waals surface area contributed by atoms with Crippen molar-refractivity contribution in [3.63, 3.8) is 0 Å². The zero-order valence-corrected chi connectivity index (χ0v) is 15.6. The van der Waals surface area contributed by atoms with Gasteiger partial charge in [0.05, 0.1) is 4.90 Å². The quantitative estimate of drug-likeness (QED) is 0.857. The first-order valence-corrected chi connectivity index (χ1v) is 10.8. The van der Waals surface area contributed by atoms with Gasteiger partial charge in [0.25, 0.3) is 5.91 Å². The molecule has 6 nitrogen and oxygen atoms in total. The molecule has 25 heavy (non-hydrogen) atoms. The average molecular weight is 365 g/mol. The summed E-state index contributed by atoms with van der Waals surface area (Å²) in [6.07, 6.45) is 3.63. The van der Waals surface area contributed by atoms with Gasteiger partial charge in [-0.25, -0.2) is 8.42 Å². The largest absolute Gasteiger partial charge is 0.336 e. The Labute approximate surface area is 150 Å². The third-order valence-corrected chi connectivity index (χ3v) is 6.25. The zero-order chi connectivity index (χ0) is 17.9. The molecule has 138 valence electrons. The molecule has 2 aliphatic rings. The molecule has 2 aliphatic heterocycles. The molecular weight excluding hydrogens is 338 g/mol. The Bertz CT molecular complexity index is 706. The van der Waals surface area contributed by atoms with Crippen LogP contribution in [0.25, 0.3) is 0 Å². The van der Waals surface area contributed by atoms with E-state index in [1.165, 1.54) is 25.0 Å². The summed E-state index contributed by atoms with van der Waals surface area (Å²) >= 11 is 0. The Morgan fingerprint density at radius 1 is 1.16 bits per heavy atom. The van der Waals surface area contributed by atoms with E-state index in [9.17, 15) is 13.2 Å². The van der Waals surface area contributed by atoms with Crippen molar-refractivity contribution in [1.29, 1.82) is 0 Å². The summed E-state index contributed by atoms with van der Waals surface area (Å²) in [5, 5.41) is 3.39. The van der Waals surface area contributed by atoms with Crippen molar-refractivity contribution in [3.05, 3.63) is 29.8 Å². The third kappa shape index (κ3) is 4.80. The van der Waals surface area contributed by atoms with Gasteiger partial charge in [0.2, 0.25) is 0 Å². The predicted octanol–water partition coefficient (Wildman–Crippen LogP) is 0.848. The Kier molecular flexibility index (Phi) is 5.76. The molecule has 1 aromatic rings. The van der Waals surface area contributed by atoms with Gasteiger partial charge in [-0.1, -0.05) is 6.07 Å². The molecule has 0 aromatic heterocycles. The Morgan fingerprint density at radius 3 is 2.48 bits per heavy atom. The second-order valence-electron chi connectivity index (χ2n) is 7.09. The van der Waals surface area contributed by atoms with Gasteiger partial charge in [-0.2, -0.15) is 0 Å². The summed E-state index contributed by atoms with van der Waals surface area (Å²) in [6, 6.07) is 6.34. The number of carbonyl (C=O) groups excluding carboxylic acids is 1. The number of benzene rings is 1. The number of nitrogens with zero attached hydrogens (tertiary/aromatic N) is 2. The van der Waals surface area contributed by atoms with Crippen LogP contribution in [0.5, 0.6) is 0 Å². The second kappa shape index (κ2) is 7.85. The molecule has 1 aromatic carbocycles. The molecule has 0 aliphatic carbocycles. The van der Waals surface area contributed by atoms with Crippen LogP contribution >= 0.6 is 0 Å². The summed E-state index contributed by atoms with van der Waals surface area (Å²) in [5.74, 6) is 0.682. The predicted molar refractivity (Wildman–Crippen MR) is 97.5 cm³/mol. The van der Waals surface area contributed by atoms with Gasteiger partial charge < -0.3 is 10.2 Å². The minimum absolute atomic E-state index is 0.0768. The number of rotatable bonds is 4. The fraction of sp³-hybridized carbons (Fsp3) is 0.611. The fourth-order valence-electron chi connectivity index (χ4n) is 3.61. The number of hydrogen-bond acceptors (Lipinski definition) is 5. The highest BCUT2D eigenvalue weighted by Gasteiger charge is 2.25. The molecule has 3 rings (SSSR count). The summed E-state index contributed by atoms with van der Waals surface area (Å²) in [5.41, 5.74) is 0.453. The number of piperidine rings is 1. The van der Waals surface area contributed by atoms with Crippen LogP contribution in [0.1, 0.15) is 23.2 Å². The van der Waals surface area contributed by atoms with Crippen LogP contribution in [0.15, 0.2) is 29.2 Å². The highest BCUT2D eigenvalue weighted by molar-refractivity contribution is 7.90. The summed E-state index contributed by atoms with van der Waals surface area (Å²) in [6.45, 7) is 6.52. The Morgan fingerprint density at radius 2 is 1.84 bits per heavy atom. The first-order valence-electron chi connectivity index (χ1n) is 8.96. The first-order chi connectivity index (χ1) is 11.9. The molecule has 2 saturated heterocycles. The lowest BCUT2D eigenvalue weighted by Crippen LogP contribution is -2.50. The van der Waals surface area contributed by atoms with Crippen molar-refractivity contribution in [2.24, 2.45) is 5.92 Å². The third-order valence-electron chi connectivity index (χ3n) is 5.14. The van der Waals surface area contributed by atoms with Crippen LogP contribution in [-0.4, -0.2) is 76.2 Å². The molecule has 2 heterocycles. The van der Waals surface area contributed by atoms with Crippen molar-refractivity contribution in [2.45, 2.75) is 17.7 Å². The van der Waals surface area contributed by atoms with Gasteiger partial charge in [-0.3, -0.25) is 9.69 Å². The highest BCUT2D eigenvalue weighted by Crippen LogP contribution is 2.17. The molecular formula is C18H27N3O3S. The van der Waals surface area contributed by atoms with Crippen molar-refractivity contribution in [2.75, 3.05) is 52.1 Å². The van der Waals surface area contributed by atoms with Crippen LogP contribution in [0.4, 0.5) is 0 Å². The maximum Gasteiger partial charge on any atom is 0.253 e. The topological polar surface area (TPSA) is 69.7 Å². The standard InChI is InChI=1S/C18H27N3O3S/c1-25(23,24)17-4-2-3-16(13-17)18(22)21-11-9-20(10-12-21)14-15-5-7-19-8-6-15/h2-4,13,15,19H,5-12,14H2,1H3. The van der Waals surface area contributed by atoms with Gasteiger partial charge in [0.1, 0.15) is 0 Å². The molecule has 0 radical (unpaired) electrons. The summed E-state index contributed by atoms with van der Waals surface area (Å²) in [4.78, 5) is 17.2. The zero-order valence-electron chi connectivity index (χ0n) is 14.8. The van der Waals surface area contributed by atoms with Gasteiger partial charge in [-0.05, 0) is 50.0 Å². The van der Waals surface area contributed by atoms with E-state index in [1.54, 1.807) is 12.1 Å². The van der Waals surface area contributed by atoms with E-state index in [2.05, 4.69) is 10.2 Å². The number of sulfone groups is 1. The van der Waals surface area contributed by atoms with Crippen LogP contribution < -0.4 is 5.32 Å². The average Bonchev–Trinajstić information content (AvgIpc) is 2.62. The minimum Gasteiger partial charge on any atom is -0.336 e. The van der Waals surface area contributed by atoms with E-state index in [4.69, 9.17) is 0 Å². The van der Waals surface area contributed by atoms with E-state index in [1.807, 2.05) is 4.90 Å². The fourth-order valence-corrected chi connectivity index (χ4v) is 4.27. The van der Waals surface area contributed by atoms with Gasteiger partial charge >= 0.3 is 0 Å².